The van der Waals surface area contributed by atoms with E-state index in [1.165, 1.54) is 0 Å². The van der Waals surface area contributed by atoms with Crippen LogP contribution in [0.15, 0.2) is 48.5 Å². The quantitative estimate of drug-likeness (QED) is 0.662. The third kappa shape index (κ3) is 3.22. The lowest BCUT2D eigenvalue weighted by Gasteiger charge is -2.02. The maximum absolute atomic E-state index is 12.0. The summed E-state index contributed by atoms with van der Waals surface area (Å²) < 4.78 is 10.2. The van der Waals surface area contributed by atoms with Gasteiger partial charge in [0.05, 0.1) is 25.2 Å². The summed E-state index contributed by atoms with van der Waals surface area (Å²) in [5.74, 6) is 1.31. The van der Waals surface area contributed by atoms with Crippen molar-refractivity contribution in [3.63, 3.8) is 0 Å². The zero-order valence-corrected chi connectivity index (χ0v) is 10.8. The van der Waals surface area contributed by atoms with Gasteiger partial charge in [0.15, 0.2) is 4.87 Å². The second kappa shape index (κ2) is 5.86. The largest absolute Gasteiger partial charge is 0.497 e. The van der Waals surface area contributed by atoms with Crippen molar-refractivity contribution in [2.24, 2.45) is 0 Å². The SMILES string of the molecule is COc1cccc(N[N+](=O)c2cccc(OC)c2)c1. The topological polar surface area (TPSA) is 50.6 Å². The van der Waals surface area contributed by atoms with Gasteiger partial charge in [-0.25, -0.2) is 0 Å². The molecule has 5 heteroatoms. The molecule has 98 valence electrons. The molecule has 0 saturated carbocycles. The highest BCUT2D eigenvalue weighted by molar-refractivity contribution is 5.47. The van der Waals surface area contributed by atoms with Crippen molar-refractivity contribution >= 4 is 11.4 Å². The molecule has 0 aliphatic heterocycles. The van der Waals surface area contributed by atoms with E-state index in [1.807, 2.05) is 6.07 Å². The molecule has 0 aliphatic carbocycles. The molecule has 0 unspecified atom stereocenters. The Balaban J connectivity index is 2.15. The van der Waals surface area contributed by atoms with Crippen molar-refractivity contribution < 1.29 is 14.3 Å². The third-order valence-corrected chi connectivity index (χ3v) is 2.59. The summed E-state index contributed by atoms with van der Waals surface area (Å²) in [5, 5.41) is 0. The number of ether oxygens (including phenoxy) is 2. The Hall–Kier alpha value is -2.56. The predicted molar refractivity (Wildman–Crippen MR) is 72.9 cm³/mol. The first-order valence-corrected chi connectivity index (χ1v) is 5.75. The fourth-order valence-electron chi connectivity index (χ4n) is 1.61. The molecule has 0 saturated heterocycles. The van der Waals surface area contributed by atoms with Gasteiger partial charge in [-0.15, -0.1) is 5.43 Å². The van der Waals surface area contributed by atoms with Crippen molar-refractivity contribution in [2.45, 2.75) is 0 Å². The van der Waals surface area contributed by atoms with E-state index < -0.39 is 0 Å². The van der Waals surface area contributed by atoms with Crippen LogP contribution in [-0.2, 0) is 0 Å². The molecule has 1 N–H and O–H groups in total. The van der Waals surface area contributed by atoms with Crippen molar-refractivity contribution in [3.05, 3.63) is 53.4 Å². The summed E-state index contributed by atoms with van der Waals surface area (Å²) >= 11 is 0. The fourth-order valence-corrected chi connectivity index (χ4v) is 1.61. The number of anilines is 1. The van der Waals surface area contributed by atoms with E-state index in [9.17, 15) is 4.91 Å². The van der Waals surface area contributed by atoms with Crippen LogP contribution in [0, 0.1) is 4.91 Å². The molecule has 19 heavy (non-hydrogen) atoms. The lowest BCUT2D eigenvalue weighted by molar-refractivity contribution is -0.427. The van der Waals surface area contributed by atoms with Crippen LogP contribution in [0.25, 0.3) is 0 Å². The predicted octanol–water partition coefficient (Wildman–Crippen LogP) is 3.14. The van der Waals surface area contributed by atoms with Crippen LogP contribution in [-0.4, -0.2) is 19.1 Å². The van der Waals surface area contributed by atoms with Gasteiger partial charge in [0, 0.05) is 12.1 Å². The van der Waals surface area contributed by atoms with E-state index in [1.54, 1.807) is 56.7 Å². The number of hydrogen-bond acceptors (Lipinski definition) is 3. The summed E-state index contributed by atoms with van der Waals surface area (Å²) in [6.07, 6.45) is 0. The van der Waals surface area contributed by atoms with Crippen LogP contribution < -0.4 is 14.9 Å². The summed E-state index contributed by atoms with van der Waals surface area (Å²) in [6, 6.07) is 14.0. The number of hydrogen-bond donors (Lipinski definition) is 1. The molecule has 0 fully saturated rings. The number of benzene rings is 2. The highest BCUT2D eigenvalue weighted by atomic mass is 16.5. The summed E-state index contributed by atoms with van der Waals surface area (Å²) in [5.41, 5.74) is 3.84. The van der Waals surface area contributed by atoms with Crippen LogP contribution in [0.1, 0.15) is 0 Å². The van der Waals surface area contributed by atoms with E-state index in [2.05, 4.69) is 5.43 Å². The van der Waals surface area contributed by atoms with Crippen LogP contribution in [0.5, 0.6) is 11.5 Å². The minimum Gasteiger partial charge on any atom is -0.497 e. The van der Waals surface area contributed by atoms with Gasteiger partial charge in [0.2, 0.25) is 0 Å². The first-order valence-electron chi connectivity index (χ1n) is 5.75. The van der Waals surface area contributed by atoms with Gasteiger partial charge in [-0.2, -0.15) is 0 Å². The summed E-state index contributed by atoms with van der Waals surface area (Å²) in [7, 11) is 3.14. The van der Waals surface area contributed by atoms with Crippen molar-refractivity contribution in [1.29, 1.82) is 0 Å². The van der Waals surface area contributed by atoms with Gasteiger partial charge < -0.3 is 9.47 Å². The Bertz CT molecular complexity index is 584. The normalized spacial score (nSPS) is 9.79. The molecule has 0 atom stereocenters. The molecular weight excluding hydrogens is 244 g/mol. The average molecular weight is 259 g/mol. The molecule has 0 aliphatic rings. The van der Waals surface area contributed by atoms with Crippen LogP contribution in [0.4, 0.5) is 11.4 Å². The average Bonchev–Trinajstić information content (AvgIpc) is 2.47. The van der Waals surface area contributed by atoms with E-state index in [4.69, 9.17) is 9.47 Å². The fraction of sp³-hybridized carbons (Fsp3) is 0.143. The van der Waals surface area contributed by atoms with E-state index >= 15 is 0 Å². The molecule has 0 amide bonds. The molecular formula is C14H15N2O3+. The van der Waals surface area contributed by atoms with Gasteiger partial charge in [0.25, 0.3) is 5.69 Å². The first-order chi connectivity index (χ1) is 9.22. The highest BCUT2D eigenvalue weighted by Gasteiger charge is 2.15. The van der Waals surface area contributed by atoms with Crippen molar-refractivity contribution in [2.75, 3.05) is 19.6 Å². The molecule has 0 aromatic heterocycles. The smallest absolute Gasteiger partial charge is 0.296 e. The number of methoxy groups -OCH3 is 2. The molecule has 2 rings (SSSR count). The molecule has 0 radical (unpaired) electrons. The number of rotatable bonds is 5. The molecule has 0 heterocycles. The van der Waals surface area contributed by atoms with E-state index in [0.717, 1.165) is 0 Å². The maximum Gasteiger partial charge on any atom is 0.296 e. The Morgan fingerprint density at radius 1 is 0.947 bits per heavy atom. The monoisotopic (exact) mass is 259 g/mol. The van der Waals surface area contributed by atoms with Crippen LogP contribution >= 0.6 is 0 Å². The Kier molecular flexibility index (Phi) is 3.97. The lowest BCUT2D eigenvalue weighted by atomic mass is 10.3. The Morgan fingerprint density at radius 3 is 2.26 bits per heavy atom. The number of nitrogens with zero attached hydrogens (tertiary/aromatic N) is 1. The van der Waals surface area contributed by atoms with Gasteiger partial charge in [0.1, 0.15) is 17.2 Å². The van der Waals surface area contributed by atoms with Crippen molar-refractivity contribution in [1.82, 2.24) is 0 Å². The van der Waals surface area contributed by atoms with E-state index in [0.29, 0.717) is 27.7 Å². The summed E-state index contributed by atoms with van der Waals surface area (Å²) in [4.78, 5) is 12.7. The minimum absolute atomic E-state index is 0.460. The van der Waals surface area contributed by atoms with Crippen LogP contribution in [0.2, 0.25) is 0 Å². The number of nitrogens with one attached hydrogen (secondary N) is 1. The number of hydrazine groups is 1. The second-order valence-electron chi connectivity index (χ2n) is 3.84. The summed E-state index contributed by atoms with van der Waals surface area (Å²) in [6.45, 7) is 0. The minimum atomic E-state index is 0.460. The van der Waals surface area contributed by atoms with Gasteiger partial charge in [-0.1, -0.05) is 12.1 Å². The molecule has 0 spiro atoms. The third-order valence-electron chi connectivity index (χ3n) is 2.59. The van der Waals surface area contributed by atoms with Gasteiger partial charge in [-0.05, 0) is 18.2 Å². The van der Waals surface area contributed by atoms with Crippen LogP contribution in [0.3, 0.4) is 0 Å². The van der Waals surface area contributed by atoms with Crippen molar-refractivity contribution in [3.8, 4) is 11.5 Å². The first kappa shape index (κ1) is 12.9. The zero-order chi connectivity index (χ0) is 13.7. The second-order valence-corrected chi connectivity index (χ2v) is 3.84. The maximum atomic E-state index is 12.0. The molecule has 0 bridgehead atoms. The molecule has 2 aromatic rings. The molecule has 2 aromatic carbocycles. The molecule has 5 nitrogen and oxygen atoms in total. The zero-order valence-electron chi connectivity index (χ0n) is 10.8. The Morgan fingerprint density at radius 2 is 1.58 bits per heavy atom. The van der Waals surface area contributed by atoms with Gasteiger partial charge >= 0.3 is 0 Å². The Labute approximate surface area is 111 Å². The van der Waals surface area contributed by atoms with E-state index in [-0.39, 0.29) is 0 Å². The number of nitroso groups, excluding NO2 is 1. The lowest BCUT2D eigenvalue weighted by Crippen LogP contribution is -2.10. The highest BCUT2D eigenvalue weighted by Crippen LogP contribution is 2.21. The van der Waals surface area contributed by atoms with Gasteiger partial charge in [-0.3, -0.25) is 0 Å². The standard InChI is InChI=1S/C14H15N2O3/c1-18-13-7-3-5-11(9-13)15-16(17)12-6-4-8-14(10-12)19-2/h3-10H,1-2H3,(H,15,17)/q+1.